The molecule has 0 spiro atoms. The normalized spacial score (nSPS) is 18.1. The van der Waals surface area contributed by atoms with E-state index in [1.54, 1.807) is 0 Å². The average molecular weight is 373 g/mol. The van der Waals surface area contributed by atoms with Crippen molar-refractivity contribution in [2.75, 3.05) is 18.4 Å². The van der Waals surface area contributed by atoms with E-state index in [9.17, 15) is 4.79 Å². The molecule has 0 bridgehead atoms. The quantitative estimate of drug-likeness (QED) is 0.871. The predicted molar refractivity (Wildman–Crippen MR) is 97.3 cm³/mol. The molecule has 120 valence electrons. The fraction of sp³-hybridized carbons (Fsp3) is 0.316. The SMILES string of the molecule is Cc1cc(NC(=O)C2CCN(Cc3ccccc3)C2)ccc1Br. The molecule has 4 heteroatoms. The zero-order valence-corrected chi connectivity index (χ0v) is 14.8. The van der Waals surface area contributed by atoms with Gasteiger partial charge in [-0.15, -0.1) is 0 Å². The molecule has 3 rings (SSSR count). The van der Waals surface area contributed by atoms with Crippen molar-refractivity contribution < 1.29 is 4.79 Å². The summed E-state index contributed by atoms with van der Waals surface area (Å²) in [5.74, 6) is 0.199. The molecular weight excluding hydrogens is 352 g/mol. The zero-order chi connectivity index (χ0) is 16.2. The monoisotopic (exact) mass is 372 g/mol. The van der Waals surface area contributed by atoms with Gasteiger partial charge in [0.1, 0.15) is 0 Å². The highest BCUT2D eigenvalue weighted by Gasteiger charge is 2.28. The van der Waals surface area contributed by atoms with Gasteiger partial charge in [0, 0.05) is 23.2 Å². The zero-order valence-electron chi connectivity index (χ0n) is 13.3. The lowest BCUT2D eigenvalue weighted by Gasteiger charge is -2.16. The molecule has 1 atom stereocenters. The number of aryl methyl sites for hydroxylation is 1. The van der Waals surface area contributed by atoms with Gasteiger partial charge in [-0.2, -0.15) is 0 Å². The number of amides is 1. The van der Waals surface area contributed by atoms with Crippen molar-refractivity contribution in [3.63, 3.8) is 0 Å². The van der Waals surface area contributed by atoms with E-state index >= 15 is 0 Å². The number of hydrogen-bond acceptors (Lipinski definition) is 2. The van der Waals surface area contributed by atoms with Gasteiger partial charge in [-0.1, -0.05) is 46.3 Å². The molecule has 0 aliphatic carbocycles. The molecule has 0 aromatic heterocycles. The van der Waals surface area contributed by atoms with E-state index in [0.29, 0.717) is 0 Å². The minimum absolute atomic E-state index is 0.0719. The Hall–Kier alpha value is -1.65. The second-order valence-corrected chi connectivity index (χ2v) is 7.01. The van der Waals surface area contributed by atoms with Gasteiger partial charge in [0.2, 0.25) is 5.91 Å². The molecule has 1 N–H and O–H groups in total. The predicted octanol–water partition coefficient (Wildman–Crippen LogP) is 4.22. The number of carbonyl (C=O) groups excluding carboxylic acids is 1. The third kappa shape index (κ3) is 4.21. The number of nitrogens with zero attached hydrogens (tertiary/aromatic N) is 1. The highest BCUT2D eigenvalue weighted by Crippen LogP contribution is 2.23. The summed E-state index contributed by atoms with van der Waals surface area (Å²) < 4.78 is 1.06. The van der Waals surface area contributed by atoms with Crippen molar-refractivity contribution in [2.45, 2.75) is 19.9 Å². The molecule has 3 nitrogen and oxygen atoms in total. The number of halogens is 1. The Morgan fingerprint density at radius 1 is 1.26 bits per heavy atom. The summed E-state index contributed by atoms with van der Waals surface area (Å²) >= 11 is 3.48. The Morgan fingerprint density at radius 3 is 2.78 bits per heavy atom. The Kier molecular flexibility index (Phi) is 5.13. The van der Waals surface area contributed by atoms with Crippen molar-refractivity contribution in [1.29, 1.82) is 0 Å². The second kappa shape index (κ2) is 7.28. The van der Waals surface area contributed by atoms with Crippen LogP contribution in [0.1, 0.15) is 17.5 Å². The van der Waals surface area contributed by atoms with Crippen LogP contribution in [0.4, 0.5) is 5.69 Å². The summed E-state index contributed by atoms with van der Waals surface area (Å²) in [6, 6.07) is 16.3. The van der Waals surface area contributed by atoms with E-state index in [1.807, 2.05) is 31.2 Å². The largest absolute Gasteiger partial charge is 0.326 e. The summed E-state index contributed by atoms with van der Waals surface area (Å²) in [4.78, 5) is 14.8. The van der Waals surface area contributed by atoms with Crippen LogP contribution in [0.25, 0.3) is 0 Å². The Balaban J connectivity index is 1.56. The molecule has 23 heavy (non-hydrogen) atoms. The molecule has 2 aromatic carbocycles. The van der Waals surface area contributed by atoms with Gasteiger partial charge in [0.25, 0.3) is 0 Å². The molecular formula is C19H21BrN2O. The molecule has 1 fully saturated rings. The van der Waals surface area contributed by atoms with Crippen LogP contribution in [0, 0.1) is 12.8 Å². The summed E-state index contributed by atoms with van der Waals surface area (Å²) in [6.45, 7) is 4.75. The van der Waals surface area contributed by atoms with Crippen molar-refractivity contribution in [3.05, 3.63) is 64.1 Å². The average Bonchev–Trinajstić information content (AvgIpc) is 3.00. The number of likely N-dealkylation sites (tertiary alicyclic amines) is 1. The smallest absolute Gasteiger partial charge is 0.228 e. The van der Waals surface area contributed by atoms with Gasteiger partial charge >= 0.3 is 0 Å². The molecule has 1 amide bonds. The Labute approximate surface area is 145 Å². The first-order valence-electron chi connectivity index (χ1n) is 7.95. The number of benzene rings is 2. The summed E-state index contributed by atoms with van der Waals surface area (Å²) in [7, 11) is 0. The van der Waals surface area contributed by atoms with Crippen molar-refractivity contribution in [3.8, 4) is 0 Å². The van der Waals surface area contributed by atoms with Gasteiger partial charge < -0.3 is 5.32 Å². The lowest BCUT2D eigenvalue weighted by Crippen LogP contribution is -2.27. The third-order valence-corrected chi connectivity index (χ3v) is 5.21. The van der Waals surface area contributed by atoms with Crippen LogP contribution >= 0.6 is 15.9 Å². The van der Waals surface area contributed by atoms with Gasteiger partial charge in [-0.3, -0.25) is 9.69 Å². The van der Waals surface area contributed by atoms with Crippen LogP contribution < -0.4 is 5.32 Å². The highest BCUT2D eigenvalue weighted by atomic mass is 79.9. The van der Waals surface area contributed by atoms with Crippen LogP contribution in [0.15, 0.2) is 53.0 Å². The van der Waals surface area contributed by atoms with E-state index in [0.717, 1.165) is 41.8 Å². The molecule has 0 saturated carbocycles. The van der Waals surface area contributed by atoms with Crippen molar-refractivity contribution in [2.24, 2.45) is 5.92 Å². The number of rotatable bonds is 4. The lowest BCUT2D eigenvalue weighted by atomic mass is 10.1. The van der Waals surface area contributed by atoms with Crippen molar-refractivity contribution >= 4 is 27.5 Å². The summed E-state index contributed by atoms with van der Waals surface area (Å²) in [5, 5.41) is 3.05. The van der Waals surface area contributed by atoms with E-state index < -0.39 is 0 Å². The highest BCUT2D eigenvalue weighted by molar-refractivity contribution is 9.10. The van der Waals surface area contributed by atoms with Crippen LogP contribution in [0.5, 0.6) is 0 Å². The molecule has 2 aromatic rings. The molecule has 1 aliphatic heterocycles. The molecule has 1 aliphatic rings. The number of carbonyl (C=O) groups is 1. The fourth-order valence-electron chi connectivity index (χ4n) is 3.00. The first-order chi connectivity index (χ1) is 11.1. The van der Waals surface area contributed by atoms with Crippen LogP contribution in [0.3, 0.4) is 0 Å². The fourth-order valence-corrected chi connectivity index (χ4v) is 3.25. The summed E-state index contributed by atoms with van der Waals surface area (Å²) in [5.41, 5.74) is 3.30. The molecule has 1 heterocycles. The first kappa shape index (κ1) is 16.2. The van der Waals surface area contributed by atoms with Crippen LogP contribution in [-0.2, 0) is 11.3 Å². The number of hydrogen-bond donors (Lipinski definition) is 1. The van der Waals surface area contributed by atoms with E-state index in [2.05, 4.69) is 50.4 Å². The van der Waals surface area contributed by atoms with E-state index in [4.69, 9.17) is 0 Å². The molecule has 1 saturated heterocycles. The van der Waals surface area contributed by atoms with Gasteiger partial charge in [0.05, 0.1) is 5.92 Å². The maximum absolute atomic E-state index is 12.5. The standard InChI is InChI=1S/C19H21BrN2O/c1-14-11-17(7-8-18(14)20)21-19(23)16-9-10-22(13-16)12-15-5-3-2-4-6-15/h2-8,11,16H,9-10,12-13H2,1H3,(H,21,23). The second-order valence-electron chi connectivity index (χ2n) is 6.16. The lowest BCUT2D eigenvalue weighted by molar-refractivity contribution is -0.119. The number of nitrogens with one attached hydrogen (secondary N) is 1. The van der Waals surface area contributed by atoms with Gasteiger partial charge in [-0.25, -0.2) is 0 Å². The van der Waals surface area contributed by atoms with Crippen LogP contribution in [-0.4, -0.2) is 23.9 Å². The minimum Gasteiger partial charge on any atom is -0.326 e. The third-order valence-electron chi connectivity index (χ3n) is 4.32. The Bertz CT molecular complexity index is 687. The van der Waals surface area contributed by atoms with E-state index in [-0.39, 0.29) is 11.8 Å². The molecule has 0 radical (unpaired) electrons. The van der Waals surface area contributed by atoms with Gasteiger partial charge in [0.15, 0.2) is 0 Å². The maximum Gasteiger partial charge on any atom is 0.228 e. The van der Waals surface area contributed by atoms with E-state index in [1.165, 1.54) is 5.56 Å². The van der Waals surface area contributed by atoms with Crippen LogP contribution in [0.2, 0.25) is 0 Å². The minimum atomic E-state index is 0.0719. The number of anilines is 1. The molecule has 1 unspecified atom stereocenters. The topological polar surface area (TPSA) is 32.3 Å². The first-order valence-corrected chi connectivity index (χ1v) is 8.74. The summed E-state index contributed by atoms with van der Waals surface area (Å²) in [6.07, 6.45) is 0.925. The van der Waals surface area contributed by atoms with Gasteiger partial charge in [-0.05, 0) is 49.2 Å². The maximum atomic E-state index is 12.5. The Morgan fingerprint density at radius 2 is 2.04 bits per heavy atom. The van der Waals surface area contributed by atoms with Crippen molar-refractivity contribution in [1.82, 2.24) is 4.90 Å².